The topological polar surface area (TPSA) is 92.5 Å². The van der Waals surface area contributed by atoms with Crippen LogP contribution in [0.1, 0.15) is 62.5 Å². The number of fused-ring (bicyclic) bond motifs is 2. The van der Waals surface area contributed by atoms with E-state index in [1.54, 1.807) is 11.3 Å². The minimum Gasteiger partial charge on any atom is -0.479 e. The number of halogens is 1. The van der Waals surface area contributed by atoms with Crippen LogP contribution in [0, 0.1) is 6.92 Å². The fourth-order valence-corrected chi connectivity index (χ4v) is 8.21. The number of aromatic nitrogens is 3. The molecule has 0 saturated carbocycles. The molecule has 0 radical (unpaired) electrons. The second kappa shape index (κ2) is 12.0. The molecule has 2 saturated heterocycles. The third kappa shape index (κ3) is 5.84. The zero-order valence-corrected chi connectivity index (χ0v) is 28.5. The summed E-state index contributed by atoms with van der Waals surface area (Å²) in [6.45, 7) is 12.0. The van der Waals surface area contributed by atoms with E-state index < -0.39 is 17.7 Å². The highest BCUT2D eigenvalue weighted by Crippen LogP contribution is 2.45. The molecule has 0 spiro atoms. The predicted octanol–water partition coefficient (Wildman–Crippen LogP) is 7.57. The number of benzene rings is 3. The van der Waals surface area contributed by atoms with Crippen molar-refractivity contribution in [3.63, 3.8) is 0 Å². The van der Waals surface area contributed by atoms with Crippen molar-refractivity contribution in [2.75, 3.05) is 26.2 Å². The summed E-state index contributed by atoms with van der Waals surface area (Å²) in [6, 6.07) is 16.7. The van der Waals surface area contributed by atoms with Gasteiger partial charge >= 0.3 is 5.97 Å². The highest BCUT2D eigenvalue weighted by atomic mass is 35.5. The first-order valence-electron chi connectivity index (χ1n) is 16.0. The molecular weight excluding hydrogens is 618 g/mol. The summed E-state index contributed by atoms with van der Waals surface area (Å²) in [7, 11) is 2.03. The number of aliphatic carboxylic acids is 1. The van der Waals surface area contributed by atoms with Gasteiger partial charge in [0, 0.05) is 59.2 Å². The molecule has 2 aromatic heterocycles. The molecule has 2 fully saturated rings. The van der Waals surface area contributed by atoms with Gasteiger partial charge in [0.25, 0.3) is 0 Å². The Labute approximate surface area is 278 Å². The summed E-state index contributed by atoms with van der Waals surface area (Å²) in [5, 5.41) is 21.5. The number of likely N-dealkylation sites (tertiary alicyclic amines) is 1. The lowest BCUT2D eigenvalue weighted by Gasteiger charge is -2.42. The molecule has 1 atom stereocenters. The molecule has 2 N–H and O–H groups in total. The average Bonchev–Trinajstić information content (AvgIpc) is 3.55. The van der Waals surface area contributed by atoms with Crippen molar-refractivity contribution in [3.05, 3.63) is 70.4 Å². The summed E-state index contributed by atoms with van der Waals surface area (Å²) in [5.41, 5.74) is 6.65. The van der Waals surface area contributed by atoms with E-state index in [1.807, 2.05) is 69.8 Å². The number of hydrogen-bond acceptors (Lipinski definition) is 7. The normalized spacial score (nSPS) is 17.5. The predicted molar refractivity (Wildman–Crippen MR) is 186 cm³/mol. The first-order chi connectivity index (χ1) is 22.0. The quantitative estimate of drug-likeness (QED) is 0.187. The zero-order valence-electron chi connectivity index (χ0n) is 26.9. The third-order valence-corrected chi connectivity index (χ3v) is 10.7. The van der Waals surface area contributed by atoms with Crippen LogP contribution in [0.3, 0.4) is 0 Å². The molecule has 240 valence electrons. The molecule has 0 bridgehead atoms. The van der Waals surface area contributed by atoms with E-state index in [2.05, 4.69) is 28.4 Å². The Morgan fingerprint density at radius 1 is 1.09 bits per heavy atom. The van der Waals surface area contributed by atoms with Gasteiger partial charge in [-0.05, 0) is 101 Å². The Balaban J connectivity index is 1.33. The zero-order chi connectivity index (χ0) is 32.3. The van der Waals surface area contributed by atoms with Crippen LogP contribution in [-0.2, 0) is 16.6 Å². The van der Waals surface area contributed by atoms with Crippen LogP contribution in [0.4, 0.5) is 0 Å². The Kier molecular flexibility index (Phi) is 8.18. The van der Waals surface area contributed by atoms with Gasteiger partial charge in [-0.1, -0.05) is 23.7 Å². The highest BCUT2D eigenvalue weighted by molar-refractivity contribution is 7.22. The van der Waals surface area contributed by atoms with E-state index in [9.17, 15) is 9.90 Å². The number of carboxylic acids is 1. The van der Waals surface area contributed by atoms with Crippen LogP contribution in [0.2, 0.25) is 5.02 Å². The molecule has 3 aromatic carbocycles. The molecule has 8 nitrogen and oxygen atoms in total. The maximum absolute atomic E-state index is 12.7. The van der Waals surface area contributed by atoms with Crippen molar-refractivity contribution in [1.82, 2.24) is 25.0 Å². The van der Waals surface area contributed by atoms with Gasteiger partial charge < -0.3 is 15.2 Å². The van der Waals surface area contributed by atoms with Crippen molar-refractivity contribution >= 4 is 50.0 Å². The Bertz CT molecular complexity index is 1930. The third-order valence-electron chi connectivity index (χ3n) is 9.34. The van der Waals surface area contributed by atoms with Crippen LogP contribution in [0.5, 0.6) is 0 Å². The van der Waals surface area contributed by atoms with Gasteiger partial charge in [-0.3, -0.25) is 9.58 Å². The Morgan fingerprint density at radius 3 is 2.41 bits per heavy atom. The summed E-state index contributed by atoms with van der Waals surface area (Å²) >= 11 is 7.86. The van der Waals surface area contributed by atoms with E-state index in [0.29, 0.717) is 22.5 Å². The van der Waals surface area contributed by atoms with Crippen LogP contribution in [0.15, 0.2) is 48.5 Å². The first kappa shape index (κ1) is 31.3. The molecule has 46 heavy (non-hydrogen) atoms. The second-order valence-electron chi connectivity index (χ2n) is 13.7. The van der Waals surface area contributed by atoms with Crippen LogP contribution < -0.4 is 5.32 Å². The number of nitrogens with one attached hydrogen (secondary N) is 1. The lowest BCUT2D eigenvalue weighted by atomic mass is 9.90. The van der Waals surface area contributed by atoms with Gasteiger partial charge in [0.15, 0.2) is 6.10 Å². The van der Waals surface area contributed by atoms with E-state index in [-0.39, 0.29) is 0 Å². The number of thiazole rings is 1. The van der Waals surface area contributed by atoms with Crippen molar-refractivity contribution in [2.45, 2.75) is 64.2 Å². The fourth-order valence-electron chi connectivity index (χ4n) is 6.96. The molecule has 2 aliphatic rings. The summed E-state index contributed by atoms with van der Waals surface area (Å²) in [6.07, 6.45) is 1.07. The SMILES string of the molecule is Cc1cc2nc(-c3ccc4c(c3)c(C3CCN(C5CNC5)CC3)nn4C)sc2c(-c2ccc(Cl)cc2)c1C(OC(C)(C)C)C(=O)O. The standard InChI is InChI=1S/C36H40ClN5O3S/c1-20-16-27-33(30(21-6-9-24(37)10-7-21)29(20)32(35(43)44)45-36(2,3)4)46-34(39-27)23-8-11-28-26(17-23)31(40-41(28)5)22-12-14-42(15-13-22)25-18-38-19-25/h6-11,16-17,22,25,32,38H,12-15,18-19H2,1-5H3,(H,43,44). The van der Waals surface area contributed by atoms with E-state index in [4.69, 9.17) is 26.4 Å². The molecule has 4 heterocycles. The Morgan fingerprint density at radius 2 is 1.78 bits per heavy atom. The monoisotopic (exact) mass is 657 g/mol. The molecule has 0 amide bonds. The van der Waals surface area contributed by atoms with Crippen LogP contribution in [0.25, 0.3) is 42.8 Å². The molecular formula is C36H40ClN5O3S. The minimum absolute atomic E-state index is 0.427. The van der Waals surface area contributed by atoms with E-state index >= 15 is 0 Å². The number of piperidine rings is 1. The van der Waals surface area contributed by atoms with Gasteiger partial charge in [0.1, 0.15) is 5.01 Å². The van der Waals surface area contributed by atoms with E-state index in [1.165, 1.54) is 11.1 Å². The lowest BCUT2D eigenvalue weighted by Crippen LogP contribution is -2.58. The smallest absolute Gasteiger partial charge is 0.337 e. The minimum atomic E-state index is -1.15. The number of ether oxygens (including phenoxy) is 1. The maximum atomic E-state index is 12.7. The molecule has 10 heteroatoms. The number of hydrogen-bond donors (Lipinski definition) is 2. The second-order valence-corrected chi connectivity index (χ2v) is 15.1. The summed E-state index contributed by atoms with van der Waals surface area (Å²) in [5.74, 6) is -0.599. The molecule has 5 aromatic rings. The van der Waals surface area contributed by atoms with Gasteiger partial charge in [0.05, 0.1) is 27.0 Å². The molecule has 7 rings (SSSR count). The van der Waals surface area contributed by atoms with E-state index in [0.717, 1.165) is 82.0 Å². The number of nitrogens with zero attached hydrogens (tertiary/aromatic N) is 4. The number of rotatable bonds is 7. The largest absolute Gasteiger partial charge is 0.479 e. The van der Waals surface area contributed by atoms with Crippen molar-refractivity contribution in [1.29, 1.82) is 0 Å². The van der Waals surface area contributed by atoms with Gasteiger partial charge in [0.2, 0.25) is 0 Å². The number of carbonyl (C=O) groups is 1. The first-order valence-corrected chi connectivity index (χ1v) is 17.2. The maximum Gasteiger partial charge on any atom is 0.337 e. The molecule has 1 unspecified atom stereocenters. The highest BCUT2D eigenvalue weighted by Gasteiger charge is 2.33. The van der Waals surface area contributed by atoms with Crippen molar-refractivity contribution in [3.8, 4) is 21.7 Å². The fraction of sp³-hybridized carbons (Fsp3) is 0.417. The van der Waals surface area contributed by atoms with Crippen molar-refractivity contribution < 1.29 is 14.6 Å². The Hall–Kier alpha value is -3.34. The summed E-state index contributed by atoms with van der Waals surface area (Å²) < 4.78 is 9.11. The van der Waals surface area contributed by atoms with Crippen LogP contribution in [-0.4, -0.2) is 68.6 Å². The average molecular weight is 658 g/mol. The summed E-state index contributed by atoms with van der Waals surface area (Å²) in [4.78, 5) is 20.5. The van der Waals surface area contributed by atoms with Gasteiger partial charge in [-0.15, -0.1) is 11.3 Å². The lowest BCUT2D eigenvalue weighted by molar-refractivity contribution is -0.160. The molecule has 2 aliphatic heterocycles. The van der Waals surface area contributed by atoms with Crippen molar-refractivity contribution in [2.24, 2.45) is 7.05 Å². The number of aryl methyl sites for hydroxylation is 2. The van der Waals surface area contributed by atoms with Crippen LogP contribution >= 0.6 is 22.9 Å². The number of carboxylic acid groups (broad SMARTS) is 1. The van der Waals surface area contributed by atoms with Gasteiger partial charge in [-0.25, -0.2) is 9.78 Å². The van der Waals surface area contributed by atoms with Gasteiger partial charge in [-0.2, -0.15) is 5.10 Å². The molecule has 0 aliphatic carbocycles.